The Kier molecular flexibility index (Phi) is 6.35. The highest BCUT2D eigenvalue weighted by molar-refractivity contribution is 6.43. The third-order valence-electron chi connectivity index (χ3n) is 3.17. The van der Waals surface area contributed by atoms with Crippen molar-refractivity contribution >= 4 is 41.2 Å². The van der Waals surface area contributed by atoms with E-state index in [0.717, 1.165) is 5.56 Å². The Balaban J connectivity index is 1.86. The van der Waals surface area contributed by atoms with E-state index >= 15 is 0 Å². The van der Waals surface area contributed by atoms with Crippen LogP contribution in [0.1, 0.15) is 21.5 Å². The van der Waals surface area contributed by atoms with E-state index in [1.54, 1.807) is 30.3 Å². The summed E-state index contributed by atoms with van der Waals surface area (Å²) in [6.07, 6.45) is 1.38. The zero-order chi connectivity index (χ0) is 17.5. The number of amides is 2. The molecule has 0 aliphatic carbocycles. The van der Waals surface area contributed by atoms with E-state index in [4.69, 9.17) is 23.2 Å². The molecule has 2 aromatic rings. The molecule has 0 saturated heterocycles. The van der Waals surface area contributed by atoms with Crippen LogP contribution in [0, 0.1) is 6.92 Å². The molecule has 0 aliphatic heterocycles. The monoisotopic (exact) mass is 363 g/mol. The molecule has 5 nitrogen and oxygen atoms in total. The Morgan fingerprint density at radius 1 is 1.12 bits per heavy atom. The largest absolute Gasteiger partial charge is 0.343 e. The average Bonchev–Trinajstić information content (AvgIpc) is 2.57. The predicted octanol–water partition coefficient (Wildman–Crippen LogP) is 3.18. The lowest BCUT2D eigenvalue weighted by Gasteiger charge is -2.06. The smallest absolute Gasteiger partial charge is 0.259 e. The summed E-state index contributed by atoms with van der Waals surface area (Å²) in [6.45, 7) is 1.64. The SMILES string of the molecule is Cc1ccccc1C(=O)NCC(=O)N/N=C/c1cccc(Cl)c1Cl. The maximum Gasteiger partial charge on any atom is 0.259 e. The molecular formula is C17H15Cl2N3O2. The van der Waals surface area contributed by atoms with Gasteiger partial charge in [-0.2, -0.15) is 5.10 Å². The van der Waals surface area contributed by atoms with Crippen molar-refractivity contribution in [3.05, 3.63) is 69.2 Å². The number of nitrogens with zero attached hydrogens (tertiary/aromatic N) is 1. The topological polar surface area (TPSA) is 70.6 Å². The summed E-state index contributed by atoms with van der Waals surface area (Å²) >= 11 is 11.9. The van der Waals surface area contributed by atoms with Gasteiger partial charge in [-0.05, 0) is 24.6 Å². The summed E-state index contributed by atoms with van der Waals surface area (Å²) in [6, 6.07) is 12.2. The van der Waals surface area contributed by atoms with Crippen LogP contribution in [0.15, 0.2) is 47.6 Å². The molecular weight excluding hydrogens is 349 g/mol. The number of hydrogen-bond acceptors (Lipinski definition) is 3. The number of rotatable bonds is 5. The van der Waals surface area contributed by atoms with Crippen LogP contribution in [0.5, 0.6) is 0 Å². The highest BCUT2D eigenvalue weighted by atomic mass is 35.5. The molecule has 0 bridgehead atoms. The molecule has 7 heteroatoms. The Morgan fingerprint density at radius 2 is 1.88 bits per heavy atom. The third-order valence-corrected chi connectivity index (χ3v) is 4.01. The normalized spacial score (nSPS) is 10.6. The maximum atomic E-state index is 12.0. The molecule has 0 unspecified atom stereocenters. The second-order valence-electron chi connectivity index (χ2n) is 4.93. The van der Waals surface area contributed by atoms with Crippen LogP contribution in [-0.4, -0.2) is 24.6 Å². The zero-order valence-corrected chi connectivity index (χ0v) is 14.4. The minimum atomic E-state index is -0.452. The average molecular weight is 364 g/mol. The highest BCUT2D eigenvalue weighted by Gasteiger charge is 2.09. The lowest BCUT2D eigenvalue weighted by Crippen LogP contribution is -2.35. The second kappa shape index (κ2) is 8.47. The van der Waals surface area contributed by atoms with Gasteiger partial charge >= 0.3 is 0 Å². The molecule has 0 fully saturated rings. The number of hydrazone groups is 1. The molecule has 124 valence electrons. The fourth-order valence-corrected chi connectivity index (χ4v) is 2.27. The quantitative estimate of drug-likeness (QED) is 0.632. The summed E-state index contributed by atoms with van der Waals surface area (Å²) in [4.78, 5) is 23.7. The fraction of sp³-hybridized carbons (Fsp3) is 0.118. The van der Waals surface area contributed by atoms with Gasteiger partial charge in [0.1, 0.15) is 0 Å². The lowest BCUT2D eigenvalue weighted by molar-refractivity contribution is -0.120. The van der Waals surface area contributed by atoms with E-state index in [0.29, 0.717) is 21.2 Å². The van der Waals surface area contributed by atoms with E-state index < -0.39 is 5.91 Å². The molecule has 0 atom stereocenters. The lowest BCUT2D eigenvalue weighted by atomic mass is 10.1. The van der Waals surface area contributed by atoms with Crippen LogP contribution in [0.4, 0.5) is 0 Å². The van der Waals surface area contributed by atoms with Crippen molar-refractivity contribution in [2.45, 2.75) is 6.92 Å². The number of carbonyl (C=O) groups excluding carboxylic acids is 2. The van der Waals surface area contributed by atoms with Gasteiger partial charge in [-0.15, -0.1) is 0 Å². The van der Waals surface area contributed by atoms with Gasteiger partial charge in [0, 0.05) is 11.1 Å². The van der Waals surface area contributed by atoms with Gasteiger partial charge in [-0.25, -0.2) is 5.43 Å². The summed E-state index contributed by atoms with van der Waals surface area (Å²) in [7, 11) is 0. The number of hydrogen-bond donors (Lipinski definition) is 2. The summed E-state index contributed by atoms with van der Waals surface area (Å²) in [5.74, 6) is -0.767. The van der Waals surface area contributed by atoms with E-state index in [1.807, 2.05) is 19.1 Å². The van der Waals surface area contributed by atoms with Crippen molar-refractivity contribution in [1.82, 2.24) is 10.7 Å². The first-order valence-corrected chi connectivity index (χ1v) is 7.84. The highest BCUT2D eigenvalue weighted by Crippen LogP contribution is 2.23. The Labute approximate surface area is 149 Å². The molecule has 0 saturated carbocycles. The molecule has 2 N–H and O–H groups in total. The fourth-order valence-electron chi connectivity index (χ4n) is 1.92. The van der Waals surface area contributed by atoms with Gasteiger partial charge in [0.25, 0.3) is 11.8 Å². The molecule has 0 heterocycles. The van der Waals surface area contributed by atoms with Crippen molar-refractivity contribution in [3.63, 3.8) is 0 Å². The van der Waals surface area contributed by atoms with Gasteiger partial charge in [-0.3, -0.25) is 9.59 Å². The van der Waals surface area contributed by atoms with Gasteiger partial charge in [0.2, 0.25) is 0 Å². The first kappa shape index (κ1) is 18.0. The number of aryl methyl sites for hydroxylation is 1. The van der Waals surface area contributed by atoms with Crippen LogP contribution in [-0.2, 0) is 4.79 Å². The predicted molar refractivity (Wildman–Crippen MR) is 95.7 cm³/mol. The van der Waals surface area contributed by atoms with E-state index in [-0.39, 0.29) is 12.5 Å². The van der Waals surface area contributed by atoms with Gasteiger partial charge in [0.05, 0.1) is 22.8 Å². The minimum Gasteiger partial charge on any atom is -0.343 e. The standard InChI is InChI=1S/C17H15Cl2N3O2/c1-11-5-2-3-7-13(11)17(24)20-10-15(23)22-21-9-12-6-4-8-14(18)16(12)19/h2-9H,10H2,1H3,(H,20,24)(H,22,23)/b21-9+. The number of nitrogens with one attached hydrogen (secondary N) is 2. The van der Waals surface area contributed by atoms with E-state index in [2.05, 4.69) is 15.8 Å². The van der Waals surface area contributed by atoms with Crippen molar-refractivity contribution < 1.29 is 9.59 Å². The maximum absolute atomic E-state index is 12.0. The Morgan fingerprint density at radius 3 is 2.62 bits per heavy atom. The number of benzene rings is 2. The van der Waals surface area contributed by atoms with E-state index in [9.17, 15) is 9.59 Å². The van der Waals surface area contributed by atoms with Gasteiger partial charge < -0.3 is 5.32 Å². The van der Waals surface area contributed by atoms with Gasteiger partial charge in [0.15, 0.2) is 0 Å². The summed E-state index contributed by atoms with van der Waals surface area (Å²) < 4.78 is 0. The van der Waals surface area contributed by atoms with Crippen LogP contribution < -0.4 is 10.7 Å². The van der Waals surface area contributed by atoms with Crippen molar-refractivity contribution in [3.8, 4) is 0 Å². The van der Waals surface area contributed by atoms with Crippen LogP contribution in [0.3, 0.4) is 0 Å². The van der Waals surface area contributed by atoms with Crippen LogP contribution >= 0.6 is 23.2 Å². The summed E-state index contributed by atoms with van der Waals surface area (Å²) in [5.41, 5.74) is 4.25. The Bertz CT molecular complexity index is 791. The van der Waals surface area contributed by atoms with Crippen LogP contribution in [0.2, 0.25) is 10.0 Å². The van der Waals surface area contributed by atoms with Crippen molar-refractivity contribution in [2.24, 2.45) is 5.10 Å². The zero-order valence-electron chi connectivity index (χ0n) is 12.8. The van der Waals surface area contributed by atoms with Crippen molar-refractivity contribution in [1.29, 1.82) is 0 Å². The molecule has 0 radical (unpaired) electrons. The first-order chi connectivity index (χ1) is 11.5. The van der Waals surface area contributed by atoms with Crippen LogP contribution in [0.25, 0.3) is 0 Å². The molecule has 0 spiro atoms. The van der Waals surface area contributed by atoms with E-state index in [1.165, 1.54) is 6.21 Å². The third kappa shape index (κ3) is 4.81. The van der Waals surface area contributed by atoms with Gasteiger partial charge in [-0.1, -0.05) is 53.5 Å². The van der Waals surface area contributed by atoms with Crippen molar-refractivity contribution in [2.75, 3.05) is 6.54 Å². The molecule has 2 aromatic carbocycles. The molecule has 0 aliphatic rings. The summed E-state index contributed by atoms with van der Waals surface area (Å²) in [5, 5.41) is 7.08. The molecule has 2 amide bonds. The first-order valence-electron chi connectivity index (χ1n) is 7.09. The minimum absolute atomic E-state index is 0.187. The number of halogens is 2. The molecule has 24 heavy (non-hydrogen) atoms. The Hall–Kier alpha value is -2.37. The molecule has 2 rings (SSSR count). The molecule has 0 aromatic heterocycles. The number of carbonyl (C=O) groups is 2. The second-order valence-corrected chi connectivity index (χ2v) is 5.72.